The number of rotatable bonds is 2. The van der Waals surface area contributed by atoms with Gasteiger partial charge in [-0.15, -0.1) is 0 Å². The second-order valence-corrected chi connectivity index (χ2v) is 4.84. The van der Waals surface area contributed by atoms with E-state index in [1.165, 1.54) is 23.1 Å². The van der Waals surface area contributed by atoms with Gasteiger partial charge in [0.05, 0.1) is 11.4 Å². The zero-order chi connectivity index (χ0) is 15.5. The summed E-state index contributed by atoms with van der Waals surface area (Å²) in [7, 11) is 0. The molecule has 0 saturated carbocycles. The van der Waals surface area contributed by atoms with Gasteiger partial charge in [0.25, 0.3) is 5.91 Å². The van der Waals surface area contributed by atoms with Crippen molar-refractivity contribution < 1.29 is 14.0 Å². The highest BCUT2D eigenvalue weighted by molar-refractivity contribution is 6.13. The van der Waals surface area contributed by atoms with E-state index in [0.717, 1.165) is 0 Å². The molecule has 2 aromatic carbocycles. The summed E-state index contributed by atoms with van der Waals surface area (Å²) < 4.78 is 13.5. The quantitative estimate of drug-likeness (QED) is 0.866. The molecule has 0 fully saturated rings. The second-order valence-electron chi connectivity index (χ2n) is 4.84. The second kappa shape index (κ2) is 5.81. The highest BCUT2D eigenvalue weighted by Crippen LogP contribution is 2.29. The van der Waals surface area contributed by atoms with Crippen LogP contribution in [0, 0.1) is 5.82 Å². The Labute approximate surface area is 126 Å². The van der Waals surface area contributed by atoms with Gasteiger partial charge < -0.3 is 5.32 Å². The van der Waals surface area contributed by atoms with Gasteiger partial charge in [0.1, 0.15) is 12.4 Å². The molecular weight excluding hydrogens is 283 g/mol. The molecule has 1 N–H and O–H groups in total. The minimum Gasteiger partial charge on any atom is -0.323 e. The van der Waals surface area contributed by atoms with Gasteiger partial charge in [0.2, 0.25) is 5.91 Å². The van der Waals surface area contributed by atoms with Crippen molar-refractivity contribution >= 4 is 29.3 Å². The maximum absolute atomic E-state index is 13.5. The summed E-state index contributed by atoms with van der Waals surface area (Å²) in [4.78, 5) is 25.4. The highest BCUT2D eigenvalue weighted by Gasteiger charge is 2.25. The van der Waals surface area contributed by atoms with Crippen molar-refractivity contribution in [3.05, 3.63) is 66.0 Å². The number of carbonyl (C=O) groups excluding carboxylic acids is 2. The van der Waals surface area contributed by atoms with Crippen LogP contribution in [-0.4, -0.2) is 18.4 Å². The number of amides is 2. The Kier molecular flexibility index (Phi) is 3.70. The average Bonchev–Trinajstić information content (AvgIpc) is 2.53. The monoisotopic (exact) mass is 296 g/mol. The number of nitrogens with one attached hydrogen (secondary N) is 1. The number of hydrogen-bond acceptors (Lipinski definition) is 2. The first kappa shape index (κ1) is 14.0. The van der Waals surface area contributed by atoms with Crippen molar-refractivity contribution in [3.63, 3.8) is 0 Å². The maximum atomic E-state index is 13.5. The Bertz CT molecular complexity index is 771. The topological polar surface area (TPSA) is 49.4 Å². The van der Waals surface area contributed by atoms with E-state index in [-0.39, 0.29) is 18.4 Å². The van der Waals surface area contributed by atoms with Gasteiger partial charge in [-0.3, -0.25) is 14.5 Å². The van der Waals surface area contributed by atoms with Gasteiger partial charge in [0, 0.05) is 11.6 Å². The largest absolute Gasteiger partial charge is 0.323 e. The van der Waals surface area contributed by atoms with E-state index in [1.807, 2.05) is 0 Å². The third-order valence-electron chi connectivity index (χ3n) is 3.35. The zero-order valence-corrected chi connectivity index (χ0v) is 11.6. The Hall–Kier alpha value is -2.95. The fourth-order valence-corrected chi connectivity index (χ4v) is 2.29. The molecule has 4 nitrogen and oxygen atoms in total. The molecule has 110 valence electrons. The lowest BCUT2D eigenvalue weighted by molar-refractivity contribution is -0.119. The number of nitrogens with zero attached hydrogens (tertiary/aromatic N) is 1. The molecule has 3 rings (SSSR count). The number of benzene rings is 2. The Morgan fingerprint density at radius 3 is 2.68 bits per heavy atom. The molecule has 2 aromatic rings. The molecule has 0 saturated heterocycles. The normalized spacial score (nSPS) is 13.9. The first-order chi connectivity index (χ1) is 10.6. The van der Waals surface area contributed by atoms with Crippen LogP contribution in [0.15, 0.2) is 54.6 Å². The van der Waals surface area contributed by atoms with Crippen molar-refractivity contribution in [3.8, 4) is 0 Å². The van der Waals surface area contributed by atoms with Crippen LogP contribution in [0.4, 0.5) is 15.8 Å². The summed E-state index contributed by atoms with van der Waals surface area (Å²) in [5, 5.41) is 2.71. The smallest absolute Gasteiger partial charge is 0.251 e. The van der Waals surface area contributed by atoms with Crippen LogP contribution in [-0.2, 0) is 9.59 Å². The molecule has 2 amide bonds. The van der Waals surface area contributed by atoms with Gasteiger partial charge in [-0.1, -0.05) is 30.3 Å². The van der Waals surface area contributed by atoms with Gasteiger partial charge in [-0.2, -0.15) is 0 Å². The highest BCUT2D eigenvalue weighted by atomic mass is 19.1. The van der Waals surface area contributed by atoms with Crippen LogP contribution in [0.1, 0.15) is 5.56 Å². The molecule has 0 unspecified atom stereocenters. The number of hydrogen-bond donors (Lipinski definition) is 1. The average molecular weight is 296 g/mol. The maximum Gasteiger partial charge on any atom is 0.251 e. The molecule has 22 heavy (non-hydrogen) atoms. The van der Waals surface area contributed by atoms with E-state index < -0.39 is 5.82 Å². The van der Waals surface area contributed by atoms with Crippen LogP contribution >= 0.6 is 0 Å². The van der Waals surface area contributed by atoms with Crippen molar-refractivity contribution in [2.24, 2.45) is 0 Å². The number of carbonyl (C=O) groups is 2. The molecular formula is C17H13FN2O2. The van der Waals surface area contributed by atoms with Crippen molar-refractivity contribution in [1.29, 1.82) is 0 Å². The van der Waals surface area contributed by atoms with E-state index in [4.69, 9.17) is 0 Å². The Balaban J connectivity index is 1.87. The minimum atomic E-state index is -0.400. The predicted molar refractivity (Wildman–Crippen MR) is 82.9 cm³/mol. The third-order valence-corrected chi connectivity index (χ3v) is 3.35. The number of para-hydroxylation sites is 2. The molecule has 5 heteroatoms. The van der Waals surface area contributed by atoms with Crippen molar-refractivity contribution in [1.82, 2.24) is 0 Å². The molecule has 0 aromatic heterocycles. The van der Waals surface area contributed by atoms with Gasteiger partial charge >= 0.3 is 0 Å². The molecule has 0 spiro atoms. The first-order valence-corrected chi connectivity index (χ1v) is 6.78. The van der Waals surface area contributed by atoms with Crippen molar-refractivity contribution in [2.75, 3.05) is 16.8 Å². The lowest BCUT2D eigenvalue weighted by Crippen LogP contribution is -2.41. The summed E-state index contributed by atoms with van der Waals surface area (Å²) in [6.07, 6.45) is 2.68. The van der Waals surface area contributed by atoms with E-state index in [1.54, 1.807) is 42.5 Å². The molecule has 0 aliphatic carbocycles. The summed E-state index contributed by atoms with van der Waals surface area (Å²) in [6, 6.07) is 13.2. The number of halogens is 1. The van der Waals surface area contributed by atoms with Gasteiger partial charge in [-0.25, -0.2) is 4.39 Å². The SMILES string of the molecule is O=C1CN(C(=O)C=Cc2ccccc2F)c2ccccc2N1. The molecule has 1 aliphatic rings. The van der Waals surface area contributed by atoms with E-state index in [0.29, 0.717) is 16.9 Å². The van der Waals surface area contributed by atoms with Gasteiger partial charge in [-0.05, 0) is 24.3 Å². The van der Waals surface area contributed by atoms with Crippen LogP contribution in [0.5, 0.6) is 0 Å². The summed E-state index contributed by atoms with van der Waals surface area (Å²) in [5.41, 5.74) is 1.54. The van der Waals surface area contributed by atoms with Crippen LogP contribution < -0.4 is 10.2 Å². The molecule has 1 aliphatic heterocycles. The Morgan fingerprint density at radius 2 is 1.86 bits per heavy atom. The standard InChI is InChI=1S/C17H13FN2O2/c18-13-6-2-1-5-12(13)9-10-17(22)20-11-16(21)19-14-7-3-4-8-15(14)20/h1-10H,11H2,(H,19,21). The zero-order valence-electron chi connectivity index (χ0n) is 11.6. The number of fused-ring (bicyclic) bond motifs is 1. The lowest BCUT2D eigenvalue weighted by atomic mass is 10.1. The summed E-state index contributed by atoms with van der Waals surface area (Å²) in [5.74, 6) is -1.03. The van der Waals surface area contributed by atoms with Crippen molar-refractivity contribution in [2.45, 2.75) is 0 Å². The third kappa shape index (κ3) is 2.74. The molecule has 0 bridgehead atoms. The first-order valence-electron chi connectivity index (χ1n) is 6.78. The van der Waals surface area contributed by atoms with E-state index >= 15 is 0 Å². The molecule has 1 heterocycles. The number of anilines is 2. The predicted octanol–water partition coefficient (Wildman–Crippen LogP) is 2.82. The molecule has 0 radical (unpaired) electrons. The summed E-state index contributed by atoms with van der Waals surface area (Å²) in [6.45, 7) is -0.0581. The van der Waals surface area contributed by atoms with Crippen LogP contribution in [0.3, 0.4) is 0 Å². The Morgan fingerprint density at radius 1 is 1.14 bits per heavy atom. The van der Waals surface area contributed by atoms with E-state index in [2.05, 4.69) is 5.32 Å². The minimum absolute atomic E-state index is 0.0581. The fraction of sp³-hybridized carbons (Fsp3) is 0.0588. The van der Waals surface area contributed by atoms with Crippen LogP contribution in [0.2, 0.25) is 0 Å². The van der Waals surface area contributed by atoms with E-state index in [9.17, 15) is 14.0 Å². The molecule has 0 atom stereocenters. The lowest BCUT2D eigenvalue weighted by Gasteiger charge is -2.28. The fourth-order valence-electron chi connectivity index (χ4n) is 2.29. The van der Waals surface area contributed by atoms with Gasteiger partial charge in [0.15, 0.2) is 0 Å². The van der Waals surface area contributed by atoms with Crippen LogP contribution in [0.25, 0.3) is 6.08 Å². The summed E-state index contributed by atoms with van der Waals surface area (Å²) >= 11 is 0.